The van der Waals surface area contributed by atoms with Crippen LogP contribution < -0.4 is 15.6 Å². The van der Waals surface area contributed by atoms with Gasteiger partial charge >= 0.3 is 5.97 Å². The first-order valence-electron chi connectivity index (χ1n) is 9.87. The smallest absolute Gasteiger partial charge is 0.341 e. The predicted molar refractivity (Wildman–Crippen MR) is 107 cm³/mol. The second-order valence-corrected chi connectivity index (χ2v) is 8.22. The van der Waals surface area contributed by atoms with E-state index in [-0.39, 0.29) is 34.7 Å². The fourth-order valence-electron chi connectivity index (χ4n) is 4.18. The van der Waals surface area contributed by atoms with Crippen molar-refractivity contribution < 1.29 is 19.1 Å². The zero-order valence-corrected chi connectivity index (χ0v) is 16.4. The lowest BCUT2D eigenvalue weighted by Crippen LogP contribution is -2.30. The van der Waals surface area contributed by atoms with E-state index in [4.69, 9.17) is 0 Å². The highest BCUT2D eigenvalue weighted by Gasteiger charge is 2.32. The van der Waals surface area contributed by atoms with Gasteiger partial charge in [-0.25, -0.2) is 9.18 Å². The van der Waals surface area contributed by atoms with E-state index in [0.29, 0.717) is 30.8 Å². The van der Waals surface area contributed by atoms with Crippen LogP contribution in [0.3, 0.4) is 0 Å². The molecule has 2 heterocycles. The number of pyridine rings is 1. The fourth-order valence-corrected chi connectivity index (χ4v) is 4.18. The number of amides is 1. The number of hydrogen-bond donors (Lipinski definition) is 2. The van der Waals surface area contributed by atoms with Crippen LogP contribution in [0.4, 0.5) is 10.1 Å². The highest BCUT2D eigenvalue weighted by Crippen LogP contribution is 2.39. The molecule has 2 atom stereocenters. The van der Waals surface area contributed by atoms with Crippen molar-refractivity contribution in [3.05, 3.63) is 39.9 Å². The molecule has 1 amide bonds. The average molecular weight is 401 g/mol. The summed E-state index contributed by atoms with van der Waals surface area (Å²) in [5, 5.41) is 12.3. The van der Waals surface area contributed by atoms with Crippen molar-refractivity contribution in [3.63, 3.8) is 0 Å². The van der Waals surface area contributed by atoms with Crippen LogP contribution in [0.15, 0.2) is 23.1 Å². The molecule has 0 unspecified atom stereocenters. The van der Waals surface area contributed by atoms with Gasteiger partial charge in [0.15, 0.2) is 0 Å². The summed E-state index contributed by atoms with van der Waals surface area (Å²) in [5.74, 6) is -1.45. The number of aromatic nitrogens is 1. The van der Waals surface area contributed by atoms with Gasteiger partial charge in [-0.1, -0.05) is 6.92 Å². The second-order valence-electron chi connectivity index (χ2n) is 8.22. The molecule has 1 aromatic heterocycles. The molecule has 29 heavy (non-hydrogen) atoms. The van der Waals surface area contributed by atoms with Gasteiger partial charge in [0.05, 0.1) is 11.2 Å². The Morgan fingerprint density at radius 2 is 2.00 bits per heavy atom. The molecule has 1 aromatic carbocycles. The standard InChI is InChI=1S/C21H24FN3O4/c1-11-8-24(9-13(11)7-23-12(2)26)19-6-18-15(5-17(19)22)20(27)16(21(28)29)10-25(18)14-3-4-14/h5-6,10-11,13-14H,3-4,7-9H2,1-2H3,(H,23,26)(H,28,29)/t11-,13+/m0/s1. The normalized spacial score (nSPS) is 21.6. The summed E-state index contributed by atoms with van der Waals surface area (Å²) in [4.78, 5) is 37.2. The quantitative estimate of drug-likeness (QED) is 0.803. The molecule has 0 bridgehead atoms. The Balaban J connectivity index is 1.75. The van der Waals surface area contributed by atoms with Crippen LogP contribution in [-0.4, -0.2) is 41.2 Å². The molecule has 0 radical (unpaired) electrons. The topological polar surface area (TPSA) is 91.6 Å². The maximum absolute atomic E-state index is 15.0. The number of fused-ring (bicyclic) bond motifs is 1. The third-order valence-corrected chi connectivity index (χ3v) is 5.99. The van der Waals surface area contributed by atoms with Gasteiger partial charge in [-0.15, -0.1) is 0 Å². The average Bonchev–Trinajstić information content (AvgIpc) is 3.43. The summed E-state index contributed by atoms with van der Waals surface area (Å²) < 4.78 is 16.8. The van der Waals surface area contributed by atoms with Crippen molar-refractivity contribution in [1.29, 1.82) is 0 Å². The lowest BCUT2D eigenvalue weighted by Gasteiger charge is -2.21. The van der Waals surface area contributed by atoms with Crippen LogP contribution >= 0.6 is 0 Å². The van der Waals surface area contributed by atoms with Gasteiger partial charge in [-0.3, -0.25) is 9.59 Å². The summed E-state index contributed by atoms with van der Waals surface area (Å²) in [6, 6.07) is 2.98. The number of halogens is 1. The maximum Gasteiger partial charge on any atom is 0.341 e. The lowest BCUT2D eigenvalue weighted by molar-refractivity contribution is -0.119. The van der Waals surface area contributed by atoms with Crippen molar-refractivity contribution in [1.82, 2.24) is 9.88 Å². The zero-order valence-electron chi connectivity index (χ0n) is 16.4. The van der Waals surface area contributed by atoms with Gasteiger partial charge in [0.25, 0.3) is 0 Å². The number of carbonyl (C=O) groups excluding carboxylic acids is 1. The minimum Gasteiger partial charge on any atom is -0.477 e. The third-order valence-electron chi connectivity index (χ3n) is 5.99. The summed E-state index contributed by atoms with van der Waals surface area (Å²) in [7, 11) is 0. The van der Waals surface area contributed by atoms with Crippen LogP contribution in [0, 0.1) is 17.7 Å². The van der Waals surface area contributed by atoms with Gasteiger partial charge in [0.2, 0.25) is 11.3 Å². The molecule has 1 aliphatic carbocycles. The number of rotatable bonds is 5. The molecule has 2 aromatic rings. The molecule has 0 spiro atoms. The van der Waals surface area contributed by atoms with Crippen molar-refractivity contribution >= 4 is 28.5 Å². The van der Waals surface area contributed by atoms with E-state index in [2.05, 4.69) is 12.2 Å². The molecule has 8 heteroatoms. The van der Waals surface area contributed by atoms with E-state index in [1.807, 2.05) is 4.90 Å². The van der Waals surface area contributed by atoms with E-state index >= 15 is 0 Å². The number of nitrogens with one attached hydrogen (secondary N) is 1. The molecule has 4 rings (SSSR count). The zero-order chi connectivity index (χ0) is 20.9. The first-order chi connectivity index (χ1) is 13.8. The van der Waals surface area contributed by atoms with Crippen molar-refractivity contribution in [3.8, 4) is 0 Å². The first-order valence-corrected chi connectivity index (χ1v) is 9.87. The molecular formula is C21H24FN3O4. The minimum atomic E-state index is -1.30. The monoisotopic (exact) mass is 401 g/mol. The van der Waals surface area contributed by atoms with E-state index in [1.54, 1.807) is 10.6 Å². The van der Waals surface area contributed by atoms with Gasteiger partial charge in [0, 0.05) is 44.2 Å². The number of carboxylic acid groups (broad SMARTS) is 1. The van der Waals surface area contributed by atoms with Gasteiger partial charge in [-0.2, -0.15) is 0 Å². The van der Waals surface area contributed by atoms with Crippen LogP contribution in [0.2, 0.25) is 0 Å². The van der Waals surface area contributed by atoms with Crippen LogP contribution in [0.5, 0.6) is 0 Å². The van der Waals surface area contributed by atoms with Crippen molar-refractivity contribution in [2.45, 2.75) is 32.7 Å². The van der Waals surface area contributed by atoms with E-state index < -0.39 is 17.2 Å². The van der Waals surface area contributed by atoms with Gasteiger partial charge in [0.1, 0.15) is 11.4 Å². The van der Waals surface area contributed by atoms with E-state index in [0.717, 1.165) is 12.8 Å². The molecule has 1 saturated carbocycles. The summed E-state index contributed by atoms with van der Waals surface area (Å²) in [5.41, 5.74) is -0.0155. The molecule has 154 valence electrons. The molecule has 2 N–H and O–H groups in total. The summed E-state index contributed by atoms with van der Waals surface area (Å²) in [6.07, 6.45) is 3.20. The number of aromatic carboxylic acids is 1. The predicted octanol–water partition coefficient (Wildman–Crippen LogP) is 2.38. The Kier molecular flexibility index (Phi) is 4.80. The molecule has 7 nitrogen and oxygen atoms in total. The molecule has 2 fully saturated rings. The Labute approximate surface area is 167 Å². The van der Waals surface area contributed by atoms with Gasteiger partial charge in [-0.05, 0) is 36.8 Å². The van der Waals surface area contributed by atoms with Crippen LogP contribution in [0.1, 0.15) is 43.1 Å². The highest BCUT2D eigenvalue weighted by molar-refractivity contribution is 5.93. The lowest BCUT2D eigenvalue weighted by atomic mass is 9.98. The second kappa shape index (κ2) is 7.17. The van der Waals surface area contributed by atoms with Crippen molar-refractivity contribution in [2.75, 3.05) is 24.5 Å². The maximum atomic E-state index is 15.0. The minimum absolute atomic E-state index is 0.0878. The SMILES string of the molecule is CC(=O)NC[C@@H]1CN(c2cc3c(cc2F)c(=O)c(C(=O)O)cn3C2CC2)C[C@@H]1C. The Hall–Kier alpha value is -2.90. The number of anilines is 1. The van der Waals surface area contributed by atoms with Crippen LogP contribution in [0.25, 0.3) is 10.9 Å². The number of hydrogen-bond acceptors (Lipinski definition) is 4. The van der Waals surface area contributed by atoms with E-state index in [9.17, 15) is 23.9 Å². The summed E-state index contributed by atoms with van der Waals surface area (Å²) in [6.45, 7) is 5.34. The van der Waals surface area contributed by atoms with Crippen LogP contribution in [-0.2, 0) is 4.79 Å². The largest absolute Gasteiger partial charge is 0.477 e. The number of carboxylic acids is 1. The Morgan fingerprint density at radius 1 is 1.28 bits per heavy atom. The van der Waals surface area contributed by atoms with E-state index in [1.165, 1.54) is 19.2 Å². The number of nitrogens with zero attached hydrogens (tertiary/aromatic N) is 2. The highest BCUT2D eigenvalue weighted by atomic mass is 19.1. The van der Waals surface area contributed by atoms with Crippen molar-refractivity contribution in [2.24, 2.45) is 11.8 Å². The molecule has 2 aliphatic rings. The Morgan fingerprint density at radius 3 is 2.62 bits per heavy atom. The first kappa shape index (κ1) is 19.4. The fraction of sp³-hybridized carbons (Fsp3) is 0.476. The third kappa shape index (κ3) is 3.59. The summed E-state index contributed by atoms with van der Waals surface area (Å²) >= 11 is 0. The molecule has 1 saturated heterocycles. The Bertz CT molecular complexity index is 1060. The molecular weight excluding hydrogens is 377 g/mol. The number of benzene rings is 1. The van der Waals surface area contributed by atoms with Gasteiger partial charge < -0.3 is 19.9 Å². The number of carbonyl (C=O) groups is 2. The molecule has 1 aliphatic heterocycles.